The Morgan fingerprint density at radius 2 is 2.07 bits per heavy atom. The summed E-state index contributed by atoms with van der Waals surface area (Å²) in [6.45, 7) is 1.29. The maximum absolute atomic E-state index is 13.0. The van der Waals surface area contributed by atoms with E-state index in [0.29, 0.717) is 0 Å². The lowest BCUT2D eigenvalue weighted by Crippen LogP contribution is -2.12. The van der Waals surface area contributed by atoms with Gasteiger partial charge in [-0.05, 0) is 24.6 Å². The van der Waals surface area contributed by atoms with E-state index in [4.69, 9.17) is 10.2 Å². The van der Waals surface area contributed by atoms with E-state index in [1.54, 1.807) is 0 Å². The molecule has 0 saturated carbocycles. The summed E-state index contributed by atoms with van der Waals surface area (Å²) in [5.41, 5.74) is -0.377. The second kappa shape index (κ2) is 3.63. The molecule has 0 aromatic heterocycles. The quantitative estimate of drug-likeness (QED) is 0.664. The number of phenolic OH excluding ortho intramolecular Hbond substituents is 1. The molecule has 4 nitrogen and oxygen atoms in total. The molecule has 3 N–H and O–H groups in total. The number of halogens is 1. The molecule has 0 heterocycles. The number of aliphatic carboxylic acids is 1. The molecule has 5 heteroatoms. The first kappa shape index (κ1) is 10.5. The third-order valence-corrected chi connectivity index (χ3v) is 1.93. The lowest BCUT2D eigenvalue weighted by Gasteiger charge is -2.11. The van der Waals surface area contributed by atoms with E-state index in [-0.39, 0.29) is 11.1 Å². The fourth-order valence-corrected chi connectivity index (χ4v) is 1.16. The summed E-state index contributed by atoms with van der Waals surface area (Å²) in [5.74, 6) is -2.63. The Hall–Kier alpha value is -1.62. The Kier molecular flexibility index (Phi) is 2.71. The molecule has 0 aliphatic rings. The van der Waals surface area contributed by atoms with E-state index in [1.807, 2.05) is 0 Å². The number of carboxylic acids is 1. The molecular weight excluding hydrogens is 191 g/mol. The van der Waals surface area contributed by atoms with E-state index in [0.717, 1.165) is 12.1 Å². The molecule has 0 amide bonds. The number of hydrogen-bond donors (Lipinski definition) is 3. The molecule has 0 bridgehead atoms. The van der Waals surface area contributed by atoms with Gasteiger partial charge < -0.3 is 15.3 Å². The second-order valence-electron chi connectivity index (χ2n) is 2.85. The molecule has 0 aliphatic carbocycles. The number of carbonyl (C=O) groups is 1. The van der Waals surface area contributed by atoms with Gasteiger partial charge in [-0.1, -0.05) is 0 Å². The van der Waals surface area contributed by atoms with Gasteiger partial charge >= 0.3 is 5.97 Å². The average Bonchev–Trinajstić information content (AvgIpc) is 2.12. The SMILES string of the molecule is Cc1c(F)ccc(O)c1C(O)C(=O)O. The number of carboxylic acid groups (broad SMARTS) is 1. The van der Waals surface area contributed by atoms with Crippen molar-refractivity contribution in [1.29, 1.82) is 0 Å². The van der Waals surface area contributed by atoms with Crippen LogP contribution in [0.15, 0.2) is 12.1 Å². The normalized spacial score (nSPS) is 12.5. The molecule has 0 spiro atoms. The van der Waals surface area contributed by atoms with Crippen LogP contribution >= 0.6 is 0 Å². The Labute approximate surface area is 79.2 Å². The van der Waals surface area contributed by atoms with E-state index < -0.39 is 23.6 Å². The van der Waals surface area contributed by atoms with Crippen LogP contribution in [0, 0.1) is 12.7 Å². The van der Waals surface area contributed by atoms with Crippen LogP contribution < -0.4 is 0 Å². The number of aliphatic hydroxyl groups excluding tert-OH is 1. The van der Waals surface area contributed by atoms with Gasteiger partial charge in [0.1, 0.15) is 11.6 Å². The molecule has 1 aromatic carbocycles. The van der Waals surface area contributed by atoms with Crippen LogP contribution in [-0.2, 0) is 4.79 Å². The van der Waals surface area contributed by atoms with Crippen LogP contribution in [0.3, 0.4) is 0 Å². The number of aromatic hydroxyl groups is 1. The summed E-state index contributed by atoms with van der Waals surface area (Å²) in [7, 11) is 0. The summed E-state index contributed by atoms with van der Waals surface area (Å²) in [4.78, 5) is 10.4. The number of phenols is 1. The lowest BCUT2D eigenvalue weighted by atomic mass is 10.0. The third-order valence-electron chi connectivity index (χ3n) is 1.93. The molecular formula is C9H9FO4. The zero-order valence-electron chi connectivity index (χ0n) is 7.36. The number of aliphatic hydroxyl groups is 1. The molecule has 1 rings (SSSR count). The maximum Gasteiger partial charge on any atom is 0.337 e. The topological polar surface area (TPSA) is 77.8 Å². The van der Waals surface area contributed by atoms with Crippen LogP contribution in [0.1, 0.15) is 17.2 Å². The van der Waals surface area contributed by atoms with Crippen LogP contribution in [0.2, 0.25) is 0 Å². The van der Waals surface area contributed by atoms with Crippen LogP contribution in [0.4, 0.5) is 4.39 Å². The van der Waals surface area contributed by atoms with Crippen molar-refractivity contribution in [3.63, 3.8) is 0 Å². The fourth-order valence-electron chi connectivity index (χ4n) is 1.16. The van der Waals surface area contributed by atoms with Crippen molar-refractivity contribution in [2.75, 3.05) is 0 Å². The third kappa shape index (κ3) is 1.67. The summed E-state index contributed by atoms with van der Waals surface area (Å²) in [6, 6.07) is 2.01. The van der Waals surface area contributed by atoms with Crippen molar-refractivity contribution in [2.45, 2.75) is 13.0 Å². The monoisotopic (exact) mass is 200 g/mol. The second-order valence-corrected chi connectivity index (χ2v) is 2.85. The zero-order chi connectivity index (χ0) is 10.9. The van der Waals surface area contributed by atoms with Gasteiger partial charge in [-0.2, -0.15) is 0 Å². The van der Waals surface area contributed by atoms with Crippen molar-refractivity contribution in [1.82, 2.24) is 0 Å². The summed E-state index contributed by atoms with van der Waals surface area (Å²) >= 11 is 0. The van der Waals surface area contributed by atoms with E-state index in [9.17, 15) is 14.3 Å². The highest BCUT2D eigenvalue weighted by molar-refractivity contribution is 5.75. The van der Waals surface area contributed by atoms with Crippen LogP contribution in [-0.4, -0.2) is 21.3 Å². The van der Waals surface area contributed by atoms with Crippen molar-refractivity contribution in [3.05, 3.63) is 29.1 Å². The molecule has 0 fully saturated rings. The average molecular weight is 200 g/mol. The highest BCUT2D eigenvalue weighted by Crippen LogP contribution is 2.29. The first-order chi connectivity index (χ1) is 6.45. The van der Waals surface area contributed by atoms with Gasteiger partial charge in [0.05, 0.1) is 0 Å². The lowest BCUT2D eigenvalue weighted by molar-refractivity contribution is -0.147. The minimum atomic E-state index is -1.91. The molecule has 1 unspecified atom stereocenters. The van der Waals surface area contributed by atoms with Gasteiger partial charge in [0, 0.05) is 5.56 Å². The summed E-state index contributed by atoms with van der Waals surface area (Å²) in [6.07, 6.45) is -1.91. The van der Waals surface area contributed by atoms with Gasteiger partial charge in [-0.15, -0.1) is 0 Å². The van der Waals surface area contributed by atoms with Gasteiger partial charge in [0.15, 0.2) is 6.10 Å². The smallest absolute Gasteiger partial charge is 0.337 e. The molecule has 76 valence electrons. The zero-order valence-corrected chi connectivity index (χ0v) is 7.36. The fraction of sp³-hybridized carbons (Fsp3) is 0.222. The molecule has 14 heavy (non-hydrogen) atoms. The number of rotatable bonds is 2. The molecule has 1 aromatic rings. The highest BCUT2D eigenvalue weighted by atomic mass is 19.1. The Bertz CT molecular complexity index is 375. The predicted molar refractivity (Wildman–Crippen MR) is 45.4 cm³/mol. The molecule has 0 aliphatic heterocycles. The predicted octanol–water partition coefficient (Wildman–Crippen LogP) is 0.958. The Morgan fingerprint density at radius 1 is 1.50 bits per heavy atom. The van der Waals surface area contributed by atoms with Crippen molar-refractivity contribution < 1.29 is 24.5 Å². The van der Waals surface area contributed by atoms with Crippen molar-refractivity contribution in [2.24, 2.45) is 0 Å². The van der Waals surface area contributed by atoms with Gasteiger partial charge in [0.2, 0.25) is 0 Å². The minimum Gasteiger partial charge on any atom is -0.508 e. The standard InChI is InChI=1S/C9H9FO4/c1-4-5(10)2-3-6(11)7(4)8(12)9(13)14/h2-3,8,11-12H,1H3,(H,13,14). The van der Waals surface area contributed by atoms with Crippen LogP contribution in [0.5, 0.6) is 5.75 Å². The number of hydrogen-bond acceptors (Lipinski definition) is 3. The molecule has 1 atom stereocenters. The summed E-state index contributed by atoms with van der Waals surface area (Å²) in [5, 5.41) is 26.9. The van der Waals surface area contributed by atoms with Crippen molar-refractivity contribution in [3.8, 4) is 5.75 Å². The van der Waals surface area contributed by atoms with Gasteiger partial charge in [-0.3, -0.25) is 0 Å². The van der Waals surface area contributed by atoms with Gasteiger partial charge in [0.25, 0.3) is 0 Å². The largest absolute Gasteiger partial charge is 0.508 e. The first-order valence-electron chi connectivity index (χ1n) is 3.84. The van der Waals surface area contributed by atoms with E-state index >= 15 is 0 Å². The van der Waals surface area contributed by atoms with E-state index in [1.165, 1.54) is 6.92 Å². The Balaban J connectivity index is 3.32. The molecule has 0 saturated heterocycles. The summed E-state index contributed by atoms with van der Waals surface area (Å²) < 4.78 is 13.0. The number of benzene rings is 1. The van der Waals surface area contributed by atoms with Crippen molar-refractivity contribution >= 4 is 5.97 Å². The first-order valence-corrected chi connectivity index (χ1v) is 3.84. The maximum atomic E-state index is 13.0. The van der Waals surface area contributed by atoms with Crippen LogP contribution in [0.25, 0.3) is 0 Å². The van der Waals surface area contributed by atoms with Gasteiger partial charge in [-0.25, -0.2) is 9.18 Å². The van der Waals surface area contributed by atoms with E-state index in [2.05, 4.69) is 0 Å². The Morgan fingerprint density at radius 3 is 2.57 bits per heavy atom. The minimum absolute atomic E-state index is 0.0695. The highest BCUT2D eigenvalue weighted by Gasteiger charge is 2.23. The molecule has 0 radical (unpaired) electrons.